The summed E-state index contributed by atoms with van der Waals surface area (Å²) >= 11 is 0. The molecule has 0 bridgehead atoms. The van der Waals surface area contributed by atoms with Crippen molar-refractivity contribution in [3.8, 4) is 0 Å². The average molecular weight is 235 g/mol. The topological polar surface area (TPSA) is 80.7 Å². The number of carbonyl (C=O) groups is 1. The van der Waals surface area contributed by atoms with Crippen LogP contribution in [0.25, 0.3) is 0 Å². The molecule has 0 radical (unpaired) electrons. The summed E-state index contributed by atoms with van der Waals surface area (Å²) in [6.07, 6.45) is 3.61. The van der Waals surface area contributed by atoms with Crippen LogP contribution in [0.15, 0.2) is 23.5 Å². The first-order valence-electron chi connectivity index (χ1n) is 4.93. The fraction of sp³-hybridized carbons (Fsp3) is 0.364. The fourth-order valence-electron chi connectivity index (χ4n) is 1.03. The fourth-order valence-corrected chi connectivity index (χ4v) is 1.03. The Morgan fingerprint density at radius 3 is 2.76 bits per heavy atom. The lowest BCUT2D eigenvalue weighted by Crippen LogP contribution is -2.27. The zero-order chi connectivity index (χ0) is 12.9. The first-order chi connectivity index (χ1) is 7.90. The van der Waals surface area contributed by atoms with Crippen LogP contribution in [0.5, 0.6) is 0 Å². The molecule has 0 fully saturated rings. The molecule has 0 unspecified atom stereocenters. The van der Waals surface area contributed by atoms with Gasteiger partial charge < -0.3 is 4.74 Å². The molecule has 1 N–H and O–H groups in total. The molecule has 0 spiro atoms. The Labute approximate surface area is 98.7 Å². The molecule has 0 saturated heterocycles. The van der Waals surface area contributed by atoms with E-state index in [1.807, 2.05) is 0 Å². The number of isocyanates is 1. The van der Waals surface area contributed by atoms with E-state index in [9.17, 15) is 9.59 Å². The Hall–Kier alpha value is -2.20. The Morgan fingerprint density at radius 2 is 2.18 bits per heavy atom. The van der Waals surface area contributed by atoms with E-state index < -0.39 is 11.7 Å². The smallest absolute Gasteiger partial charge is 0.412 e. The molecule has 0 aliphatic carbocycles. The van der Waals surface area contributed by atoms with Crippen LogP contribution in [-0.4, -0.2) is 22.8 Å². The summed E-state index contributed by atoms with van der Waals surface area (Å²) in [5.74, 6) is 0. The van der Waals surface area contributed by atoms with Crippen molar-refractivity contribution in [2.24, 2.45) is 4.99 Å². The monoisotopic (exact) mass is 235 g/mol. The van der Waals surface area contributed by atoms with Crippen LogP contribution < -0.4 is 5.32 Å². The molecular weight excluding hydrogens is 222 g/mol. The number of aromatic nitrogens is 1. The lowest BCUT2D eigenvalue weighted by molar-refractivity contribution is 0.0636. The Morgan fingerprint density at radius 1 is 1.47 bits per heavy atom. The number of hydrogen-bond donors (Lipinski definition) is 1. The number of amides is 1. The van der Waals surface area contributed by atoms with E-state index in [1.54, 1.807) is 20.8 Å². The third kappa shape index (κ3) is 4.90. The average Bonchev–Trinajstić information content (AvgIpc) is 2.15. The van der Waals surface area contributed by atoms with E-state index in [0.29, 0.717) is 11.4 Å². The number of pyridine rings is 1. The summed E-state index contributed by atoms with van der Waals surface area (Å²) < 4.78 is 5.06. The summed E-state index contributed by atoms with van der Waals surface area (Å²) in [4.78, 5) is 28.7. The van der Waals surface area contributed by atoms with Crippen molar-refractivity contribution in [3.05, 3.63) is 18.5 Å². The van der Waals surface area contributed by atoms with Crippen molar-refractivity contribution < 1.29 is 14.3 Å². The number of aliphatic imine (C=N–C) groups is 1. The van der Waals surface area contributed by atoms with Gasteiger partial charge in [-0.25, -0.2) is 9.59 Å². The maximum Gasteiger partial charge on any atom is 0.412 e. The maximum absolute atomic E-state index is 11.4. The van der Waals surface area contributed by atoms with Gasteiger partial charge in [0.25, 0.3) is 0 Å². The van der Waals surface area contributed by atoms with Crippen molar-refractivity contribution in [1.82, 2.24) is 4.98 Å². The molecule has 17 heavy (non-hydrogen) atoms. The van der Waals surface area contributed by atoms with Gasteiger partial charge in [-0.2, -0.15) is 4.99 Å². The highest BCUT2D eigenvalue weighted by atomic mass is 16.6. The van der Waals surface area contributed by atoms with Crippen molar-refractivity contribution in [2.75, 3.05) is 5.32 Å². The molecule has 6 heteroatoms. The third-order valence-electron chi connectivity index (χ3n) is 1.54. The van der Waals surface area contributed by atoms with E-state index in [0.717, 1.165) is 0 Å². The van der Waals surface area contributed by atoms with Gasteiger partial charge in [-0.15, -0.1) is 0 Å². The lowest BCUT2D eigenvalue weighted by Gasteiger charge is -2.19. The second-order valence-electron chi connectivity index (χ2n) is 4.26. The number of carbonyl (C=O) groups excluding carboxylic acids is 2. The van der Waals surface area contributed by atoms with Gasteiger partial charge in [0, 0.05) is 0 Å². The van der Waals surface area contributed by atoms with Crippen molar-refractivity contribution in [2.45, 2.75) is 26.4 Å². The zero-order valence-electron chi connectivity index (χ0n) is 9.85. The highest BCUT2D eigenvalue weighted by molar-refractivity contribution is 5.85. The van der Waals surface area contributed by atoms with Crippen molar-refractivity contribution >= 4 is 23.5 Å². The molecule has 1 aromatic rings. The Bertz CT molecular complexity index is 459. The maximum atomic E-state index is 11.4. The second kappa shape index (κ2) is 5.23. The van der Waals surface area contributed by atoms with Gasteiger partial charge in [0.15, 0.2) is 0 Å². The summed E-state index contributed by atoms with van der Waals surface area (Å²) in [5.41, 5.74) is 0.139. The summed E-state index contributed by atoms with van der Waals surface area (Å²) in [6, 6.07) is 1.49. The van der Waals surface area contributed by atoms with Crippen LogP contribution in [0.2, 0.25) is 0 Å². The molecule has 1 aromatic heterocycles. The first-order valence-corrected chi connectivity index (χ1v) is 4.93. The van der Waals surface area contributed by atoms with Gasteiger partial charge in [0.05, 0.1) is 23.8 Å². The van der Waals surface area contributed by atoms with Gasteiger partial charge in [-0.05, 0) is 26.8 Å². The van der Waals surface area contributed by atoms with Crippen molar-refractivity contribution in [3.63, 3.8) is 0 Å². The largest absolute Gasteiger partial charge is 0.444 e. The standard InChI is InChI=1S/C11H13N3O3/c1-11(2,3)17-10(16)14-9-4-8(13-7-15)5-12-6-9/h4-6H,1-3H3,(H,14,16). The van der Waals surface area contributed by atoms with Crippen LogP contribution in [0.4, 0.5) is 16.2 Å². The second-order valence-corrected chi connectivity index (χ2v) is 4.26. The minimum Gasteiger partial charge on any atom is -0.444 e. The van der Waals surface area contributed by atoms with Crippen LogP contribution >= 0.6 is 0 Å². The summed E-state index contributed by atoms with van der Waals surface area (Å²) in [5, 5.41) is 2.48. The summed E-state index contributed by atoms with van der Waals surface area (Å²) in [7, 11) is 0. The SMILES string of the molecule is CC(C)(C)OC(=O)Nc1cncc(N=C=O)c1. The molecule has 1 amide bonds. The van der Waals surface area contributed by atoms with Crippen LogP contribution in [0.3, 0.4) is 0 Å². The zero-order valence-corrected chi connectivity index (χ0v) is 9.85. The van der Waals surface area contributed by atoms with Gasteiger partial charge in [0.2, 0.25) is 6.08 Å². The Balaban J connectivity index is 2.72. The summed E-state index contributed by atoms with van der Waals surface area (Å²) in [6.45, 7) is 5.29. The molecule has 1 heterocycles. The number of hydrogen-bond acceptors (Lipinski definition) is 5. The van der Waals surface area contributed by atoms with Crippen LogP contribution in [0.1, 0.15) is 20.8 Å². The number of ether oxygens (including phenoxy) is 1. The number of nitrogens with one attached hydrogen (secondary N) is 1. The van der Waals surface area contributed by atoms with Crippen LogP contribution in [0, 0.1) is 0 Å². The number of anilines is 1. The molecule has 0 saturated carbocycles. The lowest BCUT2D eigenvalue weighted by atomic mass is 10.2. The molecule has 90 valence electrons. The van der Waals surface area contributed by atoms with Gasteiger partial charge in [-0.3, -0.25) is 10.3 Å². The predicted octanol–water partition coefficient (Wildman–Crippen LogP) is 2.40. The highest BCUT2D eigenvalue weighted by Gasteiger charge is 2.16. The quantitative estimate of drug-likeness (QED) is 0.630. The van der Waals surface area contributed by atoms with E-state index in [4.69, 9.17) is 4.74 Å². The third-order valence-corrected chi connectivity index (χ3v) is 1.54. The normalized spacial score (nSPS) is 10.3. The van der Waals surface area contributed by atoms with E-state index >= 15 is 0 Å². The molecule has 0 aromatic carbocycles. The van der Waals surface area contributed by atoms with E-state index in [2.05, 4.69) is 15.3 Å². The van der Waals surface area contributed by atoms with E-state index in [1.165, 1.54) is 24.5 Å². The van der Waals surface area contributed by atoms with Crippen LogP contribution in [-0.2, 0) is 9.53 Å². The molecule has 0 aliphatic heterocycles. The minimum absolute atomic E-state index is 0.313. The number of rotatable bonds is 2. The van der Waals surface area contributed by atoms with E-state index in [-0.39, 0.29) is 0 Å². The molecule has 6 nitrogen and oxygen atoms in total. The highest BCUT2D eigenvalue weighted by Crippen LogP contribution is 2.16. The minimum atomic E-state index is -0.591. The first kappa shape index (κ1) is 12.9. The predicted molar refractivity (Wildman–Crippen MR) is 61.9 cm³/mol. The molecule has 0 atom stereocenters. The van der Waals surface area contributed by atoms with Gasteiger partial charge in [-0.1, -0.05) is 0 Å². The molecule has 0 aliphatic rings. The van der Waals surface area contributed by atoms with Gasteiger partial charge in [0.1, 0.15) is 5.60 Å². The molecule has 1 rings (SSSR count). The number of nitrogens with zero attached hydrogens (tertiary/aromatic N) is 2. The van der Waals surface area contributed by atoms with Gasteiger partial charge >= 0.3 is 6.09 Å². The van der Waals surface area contributed by atoms with Crippen molar-refractivity contribution in [1.29, 1.82) is 0 Å². The Kier molecular flexibility index (Phi) is 3.96. The molecular formula is C11H13N3O3.